The van der Waals surface area contributed by atoms with Gasteiger partial charge in [0.1, 0.15) is 0 Å². The van der Waals surface area contributed by atoms with Gasteiger partial charge in [-0.15, -0.1) is 0 Å². The number of rotatable bonds is 5. The summed E-state index contributed by atoms with van der Waals surface area (Å²) in [5, 5.41) is 3.86. The summed E-state index contributed by atoms with van der Waals surface area (Å²) in [6.07, 6.45) is 6.11. The molecule has 0 fully saturated rings. The quantitative estimate of drug-likeness (QED) is 0.886. The van der Waals surface area contributed by atoms with Crippen LogP contribution >= 0.6 is 11.6 Å². The molecule has 4 heteroatoms. The van der Waals surface area contributed by atoms with E-state index in [4.69, 9.17) is 16.0 Å². The fourth-order valence-electron chi connectivity index (χ4n) is 1.85. The van der Waals surface area contributed by atoms with E-state index in [1.54, 1.807) is 12.5 Å². The number of nitrogens with zero attached hydrogens (tertiary/aromatic N) is 1. The maximum absolute atomic E-state index is 6.01. The fourth-order valence-corrected chi connectivity index (χ4v) is 2.09. The zero-order chi connectivity index (χ0) is 12.1. The van der Waals surface area contributed by atoms with Crippen LogP contribution in [0.2, 0.25) is 5.22 Å². The Morgan fingerprint density at radius 1 is 1.47 bits per heavy atom. The molecule has 90 valence electrons. The lowest BCUT2D eigenvalue weighted by Gasteiger charge is -2.16. The monoisotopic (exact) mass is 250 g/mol. The van der Waals surface area contributed by atoms with Crippen molar-refractivity contribution in [1.29, 1.82) is 0 Å². The van der Waals surface area contributed by atoms with Gasteiger partial charge in [-0.25, -0.2) is 0 Å². The molecule has 1 atom stereocenters. The van der Waals surface area contributed by atoms with E-state index in [1.807, 2.05) is 18.3 Å². The minimum absolute atomic E-state index is 0.162. The van der Waals surface area contributed by atoms with Crippen molar-refractivity contribution in [2.45, 2.75) is 19.4 Å². The first kappa shape index (κ1) is 12.1. The molecule has 2 heterocycles. The lowest BCUT2D eigenvalue weighted by Crippen LogP contribution is -2.22. The maximum Gasteiger partial charge on any atom is 0.197 e. The van der Waals surface area contributed by atoms with E-state index in [1.165, 1.54) is 5.56 Å². The summed E-state index contributed by atoms with van der Waals surface area (Å²) in [7, 11) is 0. The fraction of sp³-hybridized carbons (Fsp3) is 0.308. The number of aromatic nitrogens is 1. The number of furan rings is 1. The lowest BCUT2D eigenvalue weighted by molar-refractivity contribution is 0.526. The van der Waals surface area contributed by atoms with Gasteiger partial charge in [-0.3, -0.25) is 4.98 Å². The number of pyridine rings is 1. The Balaban J connectivity index is 2.16. The Morgan fingerprint density at radius 3 is 2.94 bits per heavy atom. The normalized spacial score (nSPS) is 12.6. The molecule has 0 amide bonds. The molecular weight excluding hydrogens is 236 g/mol. The molecule has 2 aromatic rings. The highest BCUT2D eigenvalue weighted by Gasteiger charge is 2.16. The van der Waals surface area contributed by atoms with Crippen molar-refractivity contribution >= 4 is 11.6 Å². The van der Waals surface area contributed by atoms with Crippen molar-refractivity contribution in [3.05, 3.63) is 53.2 Å². The van der Waals surface area contributed by atoms with E-state index >= 15 is 0 Å². The van der Waals surface area contributed by atoms with Gasteiger partial charge in [-0.1, -0.05) is 13.0 Å². The molecule has 17 heavy (non-hydrogen) atoms. The molecule has 0 saturated carbocycles. The zero-order valence-corrected chi connectivity index (χ0v) is 10.4. The smallest absolute Gasteiger partial charge is 0.197 e. The third-order valence-electron chi connectivity index (χ3n) is 2.63. The van der Waals surface area contributed by atoms with Crippen LogP contribution in [0.15, 0.2) is 41.3 Å². The summed E-state index contributed by atoms with van der Waals surface area (Å²) >= 11 is 6.01. The van der Waals surface area contributed by atoms with Gasteiger partial charge in [0.15, 0.2) is 5.22 Å². The highest BCUT2D eigenvalue weighted by atomic mass is 35.5. The average molecular weight is 251 g/mol. The van der Waals surface area contributed by atoms with Crippen LogP contribution in [-0.4, -0.2) is 11.5 Å². The Morgan fingerprint density at radius 2 is 2.35 bits per heavy atom. The van der Waals surface area contributed by atoms with Crippen LogP contribution in [0.1, 0.15) is 24.1 Å². The van der Waals surface area contributed by atoms with Gasteiger partial charge < -0.3 is 9.73 Å². The minimum Gasteiger partial charge on any atom is -0.453 e. The summed E-state index contributed by atoms with van der Waals surface area (Å²) in [4.78, 5) is 4.12. The van der Waals surface area contributed by atoms with Crippen LogP contribution in [0, 0.1) is 0 Å². The number of halogens is 1. The summed E-state index contributed by atoms with van der Waals surface area (Å²) in [5.41, 5.74) is 2.17. The number of likely N-dealkylation sites (N-methyl/N-ethyl adjacent to an activating group) is 1. The van der Waals surface area contributed by atoms with Crippen molar-refractivity contribution in [1.82, 2.24) is 10.3 Å². The summed E-state index contributed by atoms with van der Waals surface area (Å²) in [6.45, 7) is 2.96. The molecule has 0 aliphatic rings. The van der Waals surface area contributed by atoms with Gasteiger partial charge in [-0.05, 0) is 42.3 Å². The largest absolute Gasteiger partial charge is 0.453 e. The molecule has 0 saturated heterocycles. The zero-order valence-electron chi connectivity index (χ0n) is 9.69. The Labute approximate surface area is 106 Å². The molecule has 3 nitrogen and oxygen atoms in total. The molecule has 0 aliphatic heterocycles. The third kappa shape index (κ3) is 3.08. The van der Waals surface area contributed by atoms with E-state index in [-0.39, 0.29) is 6.04 Å². The second-order valence-electron chi connectivity index (χ2n) is 3.83. The van der Waals surface area contributed by atoms with E-state index in [0.29, 0.717) is 5.22 Å². The van der Waals surface area contributed by atoms with Crippen molar-refractivity contribution in [2.75, 3.05) is 6.54 Å². The highest BCUT2D eigenvalue weighted by molar-refractivity contribution is 6.29. The van der Waals surface area contributed by atoms with Crippen molar-refractivity contribution in [3.8, 4) is 0 Å². The van der Waals surface area contributed by atoms with Crippen LogP contribution in [0.25, 0.3) is 0 Å². The summed E-state index contributed by atoms with van der Waals surface area (Å²) < 4.78 is 5.14. The molecule has 2 aromatic heterocycles. The third-order valence-corrected chi connectivity index (χ3v) is 2.94. The van der Waals surface area contributed by atoms with E-state index in [2.05, 4.69) is 23.3 Å². The molecular formula is C13H15ClN2O. The van der Waals surface area contributed by atoms with E-state index < -0.39 is 0 Å². The molecule has 0 aliphatic carbocycles. The Kier molecular flexibility index (Phi) is 4.18. The minimum atomic E-state index is 0.162. The lowest BCUT2D eigenvalue weighted by atomic mass is 10.0. The molecule has 0 aromatic carbocycles. The predicted octanol–water partition coefficient (Wildman–Crippen LogP) is 3.22. The summed E-state index contributed by atoms with van der Waals surface area (Å²) in [6, 6.07) is 6.07. The van der Waals surface area contributed by atoms with Gasteiger partial charge in [0.25, 0.3) is 0 Å². The second-order valence-corrected chi connectivity index (χ2v) is 4.17. The van der Waals surface area contributed by atoms with Crippen LogP contribution in [0.5, 0.6) is 0 Å². The van der Waals surface area contributed by atoms with Crippen molar-refractivity contribution in [3.63, 3.8) is 0 Å². The first-order chi connectivity index (χ1) is 8.31. The Hall–Kier alpha value is -1.32. The SMILES string of the molecule is CCNC(Cc1cccnc1)c1ccoc1Cl. The number of nitrogens with one attached hydrogen (secondary N) is 1. The summed E-state index contributed by atoms with van der Waals surface area (Å²) in [5.74, 6) is 0. The molecule has 2 rings (SSSR count). The first-order valence-corrected chi connectivity index (χ1v) is 6.04. The van der Waals surface area contributed by atoms with Crippen LogP contribution in [-0.2, 0) is 6.42 Å². The average Bonchev–Trinajstić information content (AvgIpc) is 2.76. The molecule has 1 unspecified atom stereocenters. The topological polar surface area (TPSA) is 38.1 Å². The van der Waals surface area contributed by atoms with E-state index in [0.717, 1.165) is 18.5 Å². The van der Waals surface area contributed by atoms with E-state index in [9.17, 15) is 0 Å². The van der Waals surface area contributed by atoms with Gasteiger partial charge in [0.05, 0.1) is 6.26 Å². The van der Waals surface area contributed by atoms with Crippen LogP contribution in [0.4, 0.5) is 0 Å². The molecule has 0 bridgehead atoms. The van der Waals surface area contributed by atoms with Crippen LogP contribution in [0.3, 0.4) is 0 Å². The van der Waals surface area contributed by atoms with Gasteiger partial charge in [0, 0.05) is 24.0 Å². The van der Waals surface area contributed by atoms with Gasteiger partial charge in [-0.2, -0.15) is 0 Å². The van der Waals surface area contributed by atoms with Gasteiger partial charge >= 0.3 is 0 Å². The predicted molar refractivity (Wildman–Crippen MR) is 68.1 cm³/mol. The van der Waals surface area contributed by atoms with Gasteiger partial charge in [0.2, 0.25) is 0 Å². The van der Waals surface area contributed by atoms with Crippen LogP contribution < -0.4 is 5.32 Å². The first-order valence-electron chi connectivity index (χ1n) is 5.66. The Bertz CT molecular complexity index is 455. The standard InChI is InChI=1S/C13H15ClN2O/c1-2-16-12(11-5-7-17-13(11)14)8-10-4-3-6-15-9-10/h3-7,9,12,16H,2,8H2,1H3. The molecule has 1 N–H and O–H groups in total. The maximum atomic E-state index is 6.01. The molecule has 0 spiro atoms. The van der Waals surface area contributed by atoms with Crippen molar-refractivity contribution < 1.29 is 4.42 Å². The number of hydrogen-bond donors (Lipinski definition) is 1. The highest BCUT2D eigenvalue weighted by Crippen LogP contribution is 2.26. The number of hydrogen-bond acceptors (Lipinski definition) is 3. The van der Waals surface area contributed by atoms with Crippen molar-refractivity contribution in [2.24, 2.45) is 0 Å². The molecule has 0 radical (unpaired) electrons. The second kappa shape index (κ2) is 5.84.